The fraction of sp³-hybridized carbons (Fsp3) is 0.500. The maximum Gasteiger partial charge on any atom is 0.331 e. The third kappa shape index (κ3) is 2.13. The Morgan fingerprint density at radius 2 is 2.39 bits per heavy atom. The molecule has 0 spiro atoms. The molecule has 1 aliphatic rings. The number of fused-ring (bicyclic) bond motifs is 1. The van der Waals surface area contributed by atoms with E-state index in [0.717, 1.165) is 16.9 Å². The first-order valence-corrected chi connectivity index (χ1v) is 6.73. The molecule has 0 bridgehead atoms. The summed E-state index contributed by atoms with van der Waals surface area (Å²) in [6.45, 7) is 2.41. The van der Waals surface area contributed by atoms with Gasteiger partial charge in [-0.05, 0) is 23.4 Å². The Bertz CT molecular complexity index is 472. The van der Waals surface area contributed by atoms with E-state index in [1.54, 1.807) is 24.3 Å². The third-order valence-electron chi connectivity index (χ3n) is 3.26. The van der Waals surface area contributed by atoms with Crippen molar-refractivity contribution in [3.8, 4) is 0 Å². The highest BCUT2D eigenvalue weighted by Gasteiger charge is 2.37. The van der Waals surface area contributed by atoms with Crippen molar-refractivity contribution in [3.05, 3.63) is 21.9 Å². The van der Waals surface area contributed by atoms with Gasteiger partial charge in [0.1, 0.15) is 0 Å². The largest absolute Gasteiger partial charge is 0.479 e. The van der Waals surface area contributed by atoms with Gasteiger partial charge in [0.25, 0.3) is 0 Å². The third-order valence-corrected chi connectivity index (χ3v) is 4.25. The molecule has 98 valence electrons. The average molecular weight is 268 g/mol. The SMILES string of the molecule is CC(CN)C(=O)N1CCc2sccc2C1C(=O)O. The molecule has 2 unspecified atom stereocenters. The lowest BCUT2D eigenvalue weighted by molar-refractivity contribution is -0.152. The molecule has 18 heavy (non-hydrogen) atoms. The predicted octanol–water partition coefficient (Wildman–Crippen LogP) is 0.853. The van der Waals surface area contributed by atoms with E-state index >= 15 is 0 Å². The second-order valence-corrected chi connectivity index (χ2v) is 5.46. The molecule has 0 aromatic carbocycles. The maximum absolute atomic E-state index is 12.2. The molecule has 5 nitrogen and oxygen atoms in total. The van der Waals surface area contributed by atoms with E-state index in [0.29, 0.717) is 6.54 Å². The summed E-state index contributed by atoms with van der Waals surface area (Å²) in [4.78, 5) is 26.1. The highest BCUT2D eigenvalue weighted by atomic mass is 32.1. The summed E-state index contributed by atoms with van der Waals surface area (Å²) in [6.07, 6.45) is 0.722. The van der Waals surface area contributed by atoms with E-state index in [4.69, 9.17) is 5.73 Å². The highest BCUT2D eigenvalue weighted by molar-refractivity contribution is 7.10. The molecule has 6 heteroatoms. The Balaban J connectivity index is 2.33. The van der Waals surface area contributed by atoms with Gasteiger partial charge in [0.15, 0.2) is 6.04 Å². The molecule has 0 aliphatic carbocycles. The molecule has 0 fully saturated rings. The van der Waals surface area contributed by atoms with E-state index in [2.05, 4.69) is 0 Å². The van der Waals surface area contributed by atoms with Crippen LogP contribution in [-0.4, -0.2) is 35.0 Å². The van der Waals surface area contributed by atoms with E-state index in [1.165, 1.54) is 4.90 Å². The second-order valence-electron chi connectivity index (χ2n) is 4.46. The van der Waals surface area contributed by atoms with E-state index in [1.807, 2.05) is 5.38 Å². The van der Waals surface area contributed by atoms with Crippen molar-refractivity contribution in [1.82, 2.24) is 4.90 Å². The number of carbonyl (C=O) groups is 2. The Morgan fingerprint density at radius 1 is 1.67 bits per heavy atom. The van der Waals surface area contributed by atoms with Crippen LogP contribution in [0.1, 0.15) is 23.4 Å². The van der Waals surface area contributed by atoms with Crippen molar-refractivity contribution in [2.45, 2.75) is 19.4 Å². The van der Waals surface area contributed by atoms with Gasteiger partial charge >= 0.3 is 5.97 Å². The van der Waals surface area contributed by atoms with Crippen LogP contribution < -0.4 is 5.73 Å². The molecule has 0 radical (unpaired) electrons. The predicted molar refractivity (Wildman–Crippen MR) is 68.3 cm³/mol. The van der Waals surface area contributed by atoms with Crippen molar-refractivity contribution in [1.29, 1.82) is 0 Å². The van der Waals surface area contributed by atoms with Crippen molar-refractivity contribution in [2.24, 2.45) is 11.7 Å². The molecule has 2 atom stereocenters. The van der Waals surface area contributed by atoms with E-state index in [-0.39, 0.29) is 18.4 Å². The molecule has 1 aliphatic heterocycles. The van der Waals surface area contributed by atoms with Gasteiger partial charge in [0, 0.05) is 23.9 Å². The van der Waals surface area contributed by atoms with Crippen LogP contribution in [-0.2, 0) is 16.0 Å². The van der Waals surface area contributed by atoms with Crippen molar-refractivity contribution in [3.63, 3.8) is 0 Å². The van der Waals surface area contributed by atoms with Gasteiger partial charge in [-0.1, -0.05) is 6.92 Å². The Hall–Kier alpha value is -1.40. The zero-order valence-corrected chi connectivity index (χ0v) is 10.9. The van der Waals surface area contributed by atoms with Crippen molar-refractivity contribution in [2.75, 3.05) is 13.1 Å². The number of nitrogens with zero attached hydrogens (tertiary/aromatic N) is 1. The first-order chi connectivity index (χ1) is 8.56. The zero-order chi connectivity index (χ0) is 13.3. The first-order valence-electron chi connectivity index (χ1n) is 5.86. The van der Waals surface area contributed by atoms with Crippen LogP contribution in [0.15, 0.2) is 11.4 Å². The minimum absolute atomic E-state index is 0.179. The van der Waals surface area contributed by atoms with Gasteiger partial charge in [-0.25, -0.2) is 4.79 Å². The lowest BCUT2D eigenvalue weighted by Gasteiger charge is -2.34. The maximum atomic E-state index is 12.2. The number of hydrogen-bond acceptors (Lipinski definition) is 4. The van der Waals surface area contributed by atoms with Crippen molar-refractivity contribution >= 4 is 23.2 Å². The zero-order valence-electron chi connectivity index (χ0n) is 10.1. The molecule has 2 rings (SSSR count). The van der Waals surface area contributed by atoms with E-state index < -0.39 is 12.0 Å². The lowest BCUT2D eigenvalue weighted by atomic mass is 9.98. The molecule has 0 saturated carbocycles. The Kier molecular flexibility index (Phi) is 3.68. The van der Waals surface area contributed by atoms with Crippen molar-refractivity contribution < 1.29 is 14.7 Å². The van der Waals surface area contributed by atoms with Gasteiger partial charge < -0.3 is 15.7 Å². The van der Waals surface area contributed by atoms with Gasteiger partial charge in [-0.3, -0.25) is 4.79 Å². The molecule has 3 N–H and O–H groups in total. The van der Waals surface area contributed by atoms with Crippen LogP contribution in [0.3, 0.4) is 0 Å². The summed E-state index contributed by atoms with van der Waals surface area (Å²) in [5.41, 5.74) is 6.23. The number of hydrogen-bond donors (Lipinski definition) is 2. The number of carboxylic acids is 1. The van der Waals surface area contributed by atoms with Crippen LogP contribution in [0, 0.1) is 5.92 Å². The average Bonchev–Trinajstić information content (AvgIpc) is 2.83. The van der Waals surface area contributed by atoms with Crippen LogP contribution >= 0.6 is 11.3 Å². The number of amides is 1. The molecule has 1 amide bonds. The molecule has 1 aromatic rings. The monoisotopic (exact) mass is 268 g/mol. The summed E-state index contributed by atoms with van der Waals surface area (Å²) >= 11 is 1.55. The standard InChI is InChI=1S/C12H16N2O3S/c1-7(6-13)11(15)14-4-2-9-8(3-5-18-9)10(14)12(16)17/h3,5,7,10H,2,4,6,13H2,1H3,(H,16,17). The van der Waals surface area contributed by atoms with Gasteiger partial charge in [0.05, 0.1) is 0 Å². The number of carbonyl (C=O) groups excluding carboxylic acids is 1. The van der Waals surface area contributed by atoms with Crippen LogP contribution in [0.25, 0.3) is 0 Å². The van der Waals surface area contributed by atoms with Crippen LogP contribution in [0.5, 0.6) is 0 Å². The Morgan fingerprint density at radius 3 is 3.00 bits per heavy atom. The summed E-state index contributed by atoms with van der Waals surface area (Å²) in [7, 11) is 0. The molecule has 0 saturated heterocycles. The van der Waals surface area contributed by atoms with Crippen LogP contribution in [0.2, 0.25) is 0 Å². The van der Waals surface area contributed by atoms with Gasteiger partial charge in [-0.15, -0.1) is 11.3 Å². The minimum atomic E-state index is -0.980. The number of rotatable bonds is 3. The molecular weight excluding hydrogens is 252 g/mol. The van der Waals surface area contributed by atoms with Gasteiger partial charge in [0.2, 0.25) is 5.91 Å². The fourth-order valence-corrected chi connectivity index (χ4v) is 3.11. The fourth-order valence-electron chi connectivity index (χ4n) is 2.20. The minimum Gasteiger partial charge on any atom is -0.479 e. The highest BCUT2D eigenvalue weighted by Crippen LogP contribution is 2.34. The summed E-state index contributed by atoms with van der Waals surface area (Å²) in [5, 5.41) is 11.2. The van der Waals surface area contributed by atoms with E-state index in [9.17, 15) is 14.7 Å². The van der Waals surface area contributed by atoms with Crippen LogP contribution in [0.4, 0.5) is 0 Å². The molecular formula is C12H16N2O3S. The normalized spacial score (nSPS) is 20.3. The summed E-state index contributed by atoms with van der Waals surface area (Å²) in [6, 6.07) is 0.937. The smallest absolute Gasteiger partial charge is 0.331 e. The number of nitrogens with two attached hydrogens (primary N) is 1. The van der Waals surface area contributed by atoms with Gasteiger partial charge in [-0.2, -0.15) is 0 Å². The number of aliphatic carboxylic acids is 1. The number of thiophene rings is 1. The molecule has 1 aromatic heterocycles. The topological polar surface area (TPSA) is 83.6 Å². The lowest BCUT2D eigenvalue weighted by Crippen LogP contribution is -2.46. The number of carboxylic acid groups (broad SMARTS) is 1. The molecule has 2 heterocycles. The summed E-state index contributed by atoms with van der Waals surface area (Å²) < 4.78 is 0. The second kappa shape index (κ2) is 5.07. The Labute approximate surface area is 109 Å². The first kappa shape index (κ1) is 13.0. The summed E-state index contributed by atoms with van der Waals surface area (Å²) in [5.74, 6) is -1.50. The quantitative estimate of drug-likeness (QED) is 0.851.